The van der Waals surface area contributed by atoms with Crippen molar-refractivity contribution >= 4 is 39.9 Å². The Morgan fingerprint density at radius 3 is 2.44 bits per heavy atom. The van der Waals surface area contributed by atoms with Gasteiger partial charge in [-0.1, -0.05) is 60.2 Å². The van der Waals surface area contributed by atoms with Crippen molar-refractivity contribution in [1.82, 2.24) is 9.97 Å². The van der Waals surface area contributed by atoms with Crippen LogP contribution in [0.3, 0.4) is 0 Å². The van der Waals surface area contributed by atoms with E-state index in [1.807, 2.05) is 79.9 Å². The van der Waals surface area contributed by atoms with Crippen molar-refractivity contribution in [1.29, 1.82) is 0 Å². The molecular formula is C26H24N4O2S2. The second-order valence-corrected chi connectivity index (χ2v) is 9.73. The van der Waals surface area contributed by atoms with Crippen molar-refractivity contribution in [2.24, 2.45) is 5.73 Å². The van der Waals surface area contributed by atoms with Crippen molar-refractivity contribution < 1.29 is 9.59 Å². The zero-order valence-corrected chi connectivity index (χ0v) is 20.5. The number of thioether (sulfide) groups is 1. The van der Waals surface area contributed by atoms with Crippen molar-refractivity contribution in [3.05, 3.63) is 83.0 Å². The molecule has 172 valence electrons. The van der Waals surface area contributed by atoms with Gasteiger partial charge in [0.1, 0.15) is 15.9 Å². The Kier molecular flexibility index (Phi) is 7.40. The van der Waals surface area contributed by atoms with E-state index >= 15 is 0 Å². The van der Waals surface area contributed by atoms with E-state index in [1.165, 1.54) is 23.1 Å². The SMILES string of the molecule is Cc1ccc(-c2csc(NC(=O)CCSc3cc(-c4ccccc4)nc(C)n3)c2C(N)=O)cc1. The predicted octanol–water partition coefficient (Wildman–Crippen LogP) is 5.71. The molecule has 0 aliphatic rings. The van der Waals surface area contributed by atoms with Crippen molar-refractivity contribution in [3.63, 3.8) is 0 Å². The molecule has 34 heavy (non-hydrogen) atoms. The lowest BCUT2D eigenvalue weighted by molar-refractivity contribution is -0.115. The van der Waals surface area contributed by atoms with Crippen LogP contribution in [0.15, 0.2) is 71.1 Å². The van der Waals surface area contributed by atoms with Gasteiger partial charge >= 0.3 is 0 Å². The quantitative estimate of drug-likeness (QED) is 0.245. The van der Waals surface area contributed by atoms with Crippen LogP contribution in [-0.2, 0) is 4.79 Å². The molecule has 0 aliphatic heterocycles. The second-order valence-electron chi connectivity index (χ2n) is 7.74. The molecular weight excluding hydrogens is 464 g/mol. The fourth-order valence-corrected chi connectivity index (χ4v) is 5.33. The van der Waals surface area contributed by atoms with Gasteiger partial charge in [0.25, 0.3) is 5.91 Å². The first-order valence-corrected chi connectivity index (χ1v) is 12.6. The number of nitrogens with two attached hydrogens (primary N) is 1. The number of anilines is 1. The zero-order chi connectivity index (χ0) is 24.1. The van der Waals surface area contributed by atoms with Crippen LogP contribution in [-0.4, -0.2) is 27.5 Å². The van der Waals surface area contributed by atoms with Crippen LogP contribution >= 0.6 is 23.1 Å². The molecule has 4 aromatic rings. The molecule has 2 amide bonds. The molecule has 6 nitrogen and oxygen atoms in total. The number of amides is 2. The highest BCUT2D eigenvalue weighted by Crippen LogP contribution is 2.35. The highest BCUT2D eigenvalue weighted by Gasteiger charge is 2.19. The largest absolute Gasteiger partial charge is 0.365 e. The van der Waals surface area contributed by atoms with Crippen LogP contribution in [0, 0.1) is 13.8 Å². The molecule has 0 fully saturated rings. The summed E-state index contributed by atoms with van der Waals surface area (Å²) in [6.07, 6.45) is 0.268. The first-order valence-electron chi connectivity index (χ1n) is 10.7. The van der Waals surface area contributed by atoms with Gasteiger partial charge in [0.15, 0.2) is 0 Å². The van der Waals surface area contributed by atoms with Crippen molar-refractivity contribution in [2.75, 3.05) is 11.1 Å². The lowest BCUT2D eigenvalue weighted by Gasteiger charge is -2.08. The maximum Gasteiger partial charge on any atom is 0.252 e. The van der Waals surface area contributed by atoms with Gasteiger partial charge in [-0.3, -0.25) is 9.59 Å². The topological polar surface area (TPSA) is 98.0 Å². The Morgan fingerprint density at radius 1 is 1.00 bits per heavy atom. The fraction of sp³-hybridized carbons (Fsp3) is 0.154. The van der Waals surface area contributed by atoms with Gasteiger partial charge in [-0.15, -0.1) is 23.1 Å². The minimum absolute atomic E-state index is 0.179. The number of aromatic nitrogens is 2. The molecule has 3 N–H and O–H groups in total. The molecule has 2 heterocycles. The van der Waals surface area contributed by atoms with Crippen LogP contribution < -0.4 is 11.1 Å². The molecule has 2 aromatic carbocycles. The average Bonchev–Trinajstić information content (AvgIpc) is 3.23. The number of aryl methyl sites for hydroxylation is 2. The molecule has 4 rings (SSSR count). The summed E-state index contributed by atoms with van der Waals surface area (Å²) in [6.45, 7) is 3.86. The van der Waals surface area contributed by atoms with E-state index in [2.05, 4.69) is 15.3 Å². The van der Waals surface area contributed by atoms with E-state index in [-0.39, 0.29) is 12.3 Å². The summed E-state index contributed by atoms with van der Waals surface area (Å²) >= 11 is 2.80. The Hall–Kier alpha value is -3.49. The van der Waals surface area contributed by atoms with Gasteiger partial charge in [-0.25, -0.2) is 9.97 Å². The predicted molar refractivity (Wildman–Crippen MR) is 139 cm³/mol. The molecule has 0 atom stereocenters. The highest BCUT2D eigenvalue weighted by molar-refractivity contribution is 7.99. The van der Waals surface area contributed by atoms with Gasteiger partial charge in [0.05, 0.1) is 11.3 Å². The smallest absolute Gasteiger partial charge is 0.252 e. The number of primary amides is 1. The molecule has 0 bridgehead atoms. The average molecular weight is 489 g/mol. The Labute approximate surface area is 206 Å². The third-order valence-electron chi connectivity index (χ3n) is 5.12. The lowest BCUT2D eigenvalue weighted by Crippen LogP contribution is -2.17. The standard InChI is InChI=1S/C26H24N4O2S2/c1-16-8-10-18(11-9-16)20-15-34-26(24(20)25(27)32)30-22(31)12-13-33-23-14-21(28-17(2)29-23)19-6-4-3-5-7-19/h3-11,14-15H,12-13H2,1-2H3,(H2,27,32)(H,30,31). The van der Waals surface area contributed by atoms with Gasteiger partial charge in [0.2, 0.25) is 5.91 Å². The second kappa shape index (κ2) is 10.6. The summed E-state index contributed by atoms with van der Waals surface area (Å²) in [4.78, 5) is 33.8. The Bertz CT molecular complexity index is 1320. The summed E-state index contributed by atoms with van der Waals surface area (Å²) in [6, 6.07) is 19.7. The number of carbonyl (C=O) groups is 2. The molecule has 2 aromatic heterocycles. The number of carbonyl (C=O) groups excluding carboxylic acids is 2. The van der Waals surface area contributed by atoms with Gasteiger partial charge < -0.3 is 11.1 Å². The first kappa shape index (κ1) is 23.7. The minimum atomic E-state index is -0.564. The van der Waals surface area contributed by atoms with Gasteiger partial charge in [-0.2, -0.15) is 0 Å². The summed E-state index contributed by atoms with van der Waals surface area (Å²) in [5.41, 5.74) is 10.6. The number of benzene rings is 2. The zero-order valence-electron chi connectivity index (χ0n) is 18.9. The monoisotopic (exact) mass is 488 g/mol. The maximum atomic E-state index is 12.6. The minimum Gasteiger partial charge on any atom is -0.365 e. The number of nitrogens with one attached hydrogen (secondary N) is 1. The number of nitrogens with zero attached hydrogens (tertiary/aromatic N) is 2. The lowest BCUT2D eigenvalue weighted by atomic mass is 10.0. The molecule has 0 radical (unpaired) electrons. The number of hydrogen-bond donors (Lipinski definition) is 2. The third kappa shape index (κ3) is 5.70. The fourth-order valence-electron chi connectivity index (χ4n) is 3.45. The van der Waals surface area contributed by atoms with Gasteiger partial charge in [-0.05, 0) is 25.5 Å². The van der Waals surface area contributed by atoms with Gasteiger partial charge in [0, 0.05) is 28.7 Å². The van der Waals surface area contributed by atoms with Crippen LogP contribution in [0.25, 0.3) is 22.4 Å². The van der Waals surface area contributed by atoms with Crippen molar-refractivity contribution in [3.8, 4) is 22.4 Å². The summed E-state index contributed by atoms with van der Waals surface area (Å²) in [5, 5.41) is 6.00. The molecule has 0 saturated heterocycles. The van der Waals surface area contributed by atoms with E-state index < -0.39 is 5.91 Å². The maximum absolute atomic E-state index is 12.6. The van der Waals surface area contributed by atoms with Crippen LogP contribution in [0.1, 0.15) is 28.2 Å². The summed E-state index contributed by atoms with van der Waals surface area (Å²) < 4.78 is 0. The summed E-state index contributed by atoms with van der Waals surface area (Å²) in [7, 11) is 0. The van der Waals surface area contributed by atoms with Crippen LogP contribution in [0.4, 0.5) is 5.00 Å². The summed E-state index contributed by atoms with van der Waals surface area (Å²) in [5.74, 6) is 0.480. The Morgan fingerprint density at radius 2 is 1.74 bits per heavy atom. The van der Waals surface area contributed by atoms with E-state index in [1.54, 1.807) is 0 Å². The van der Waals surface area contributed by atoms with E-state index in [0.717, 1.165) is 33.0 Å². The molecule has 8 heteroatoms. The Balaban J connectivity index is 1.41. The van der Waals surface area contributed by atoms with E-state index in [4.69, 9.17) is 5.73 Å². The highest BCUT2D eigenvalue weighted by atomic mass is 32.2. The molecule has 0 aliphatic carbocycles. The normalized spacial score (nSPS) is 10.8. The molecule has 0 saturated carbocycles. The number of thiophene rings is 1. The van der Waals surface area contributed by atoms with E-state index in [9.17, 15) is 9.59 Å². The number of rotatable bonds is 8. The van der Waals surface area contributed by atoms with Crippen molar-refractivity contribution in [2.45, 2.75) is 25.3 Å². The molecule has 0 spiro atoms. The van der Waals surface area contributed by atoms with Crippen LogP contribution in [0.2, 0.25) is 0 Å². The number of hydrogen-bond acceptors (Lipinski definition) is 6. The van der Waals surface area contributed by atoms with Crippen LogP contribution in [0.5, 0.6) is 0 Å². The van der Waals surface area contributed by atoms with E-state index in [0.29, 0.717) is 22.1 Å². The first-order chi connectivity index (χ1) is 16.4. The molecule has 0 unspecified atom stereocenters. The third-order valence-corrected chi connectivity index (χ3v) is 6.92.